The molecule has 122 valence electrons. The first-order valence-electron chi connectivity index (χ1n) is 6.87. The molecular weight excluding hydrogens is 318 g/mol. The van der Waals surface area contributed by atoms with Crippen molar-refractivity contribution in [2.24, 2.45) is 0 Å². The normalized spacial score (nSPS) is 11.2. The summed E-state index contributed by atoms with van der Waals surface area (Å²) in [6, 6.07) is 10.9. The van der Waals surface area contributed by atoms with E-state index in [0.717, 1.165) is 0 Å². The SMILES string of the molecule is CNS(=O)(=O)c1cccc(CNC(=O)Cn2ccccc2=O)c1. The smallest absolute Gasteiger partial charge is 0.250 e. The second kappa shape index (κ2) is 7.21. The van der Waals surface area contributed by atoms with Gasteiger partial charge in [0.15, 0.2) is 0 Å². The Balaban J connectivity index is 2.01. The molecule has 0 unspecified atom stereocenters. The van der Waals surface area contributed by atoms with E-state index in [2.05, 4.69) is 10.0 Å². The summed E-state index contributed by atoms with van der Waals surface area (Å²) >= 11 is 0. The molecule has 23 heavy (non-hydrogen) atoms. The highest BCUT2D eigenvalue weighted by atomic mass is 32.2. The third-order valence-corrected chi connectivity index (χ3v) is 4.59. The van der Waals surface area contributed by atoms with E-state index in [1.807, 2.05) is 0 Å². The molecule has 1 heterocycles. The Bertz CT molecular complexity index is 859. The van der Waals surface area contributed by atoms with Gasteiger partial charge in [0.25, 0.3) is 5.56 Å². The highest BCUT2D eigenvalue weighted by Crippen LogP contribution is 2.10. The van der Waals surface area contributed by atoms with Crippen LogP contribution in [0.3, 0.4) is 0 Å². The molecule has 0 aliphatic carbocycles. The monoisotopic (exact) mass is 335 g/mol. The van der Waals surface area contributed by atoms with E-state index in [9.17, 15) is 18.0 Å². The lowest BCUT2D eigenvalue weighted by molar-refractivity contribution is -0.121. The van der Waals surface area contributed by atoms with Crippen molar-refractivity contribution in [2.45, 2.75) is 18.0 Å². The molecule has 0 saturated carbocycles. The molecule has 2 N–H and O–H groups in total. The molecule has 1 aromatic heterocycles. The van der Waals surface area contributed by atoms with E-state index in [0.29, 0.717) is 5.56 Å². The summed E-state index contributed by atoms with van der Waals surface area (Å²) in [6.07, 6.45) is 1.53. The maximum Gasteiger partial charge on any atom is 0.250 e. The van der Waals surface area contributed by atoms with Crippen LogP contribution in [0.4, 0.5) is 0 Å². The summed E-state index contributed by atoms with van der Waals surface area (Å²) in [5, 5.41) is 2.66. The van der Waals surface area contributed by atoms with E-state index in [1.54, 1.807) is 24.3 Å². The van der Waals surface area contributed by atoms with Crippen LogP contribution in [0.5, 0.6) is 0 Å². The van der Waals surface area contributed by atoms with Crippen molar-refractivity contribution in [1.82, 2.24) is 14.6 Å². The van der Waals surface area contributed by atoms with Gasteiger partial charge in [-0.3, -0.25) is 9.59 Å². The lowest BCUT2D eigenvalue weighted by Crippen LogP contribution is -2.31. The van der Waals surface area contributed by atoms with Gasteiger partial charge >= 0.3 is 0 Å². The number of hydrogen-bond donors (Lipinski definition) is 2. The van der Waals surface area contributed by atoms with Gasteiger partial charge in [0, 0.05) is 18.8 Å². The molecule has 1 amide bonds. The Morgan fingerprint density at radius 3 is 2.65 bits per heavy atom. The summed E-state index contributed by atoms with van der Waals surface area (Å²) in [4.78, 5) is 23.5. The van der Waals surface area contributed by atoms with Crippen LogP contribution < -0.4 is 15.6 Å². The Morgan fingerprint density at radius 2 is 1.96 bits per heavy atom. The lowest BCUT2D eigenvalue weighted by atomic mass is 10.2. The predicted octanol–water partition coefficient (Wildman–Crippen LogP) is 0.0728. The molecule has 0 aliphatic heterocycles. The van der Waals surface area contributed by atoms with Crippen LogP contribution in [-0.4, -0.2) is 25.9 Å². The first kappa shape index (κ1) is 16.9. The quantitative estimate of drug-likeness (QED) is 0.781. The van der Waals surface area contributed by atoms with Crippen LogP contribution in [0.1, 0.15) is 5.56 Å². The number of rotatable bonds is 6. The average molecular weight is 335 g/mol. The van der Waals surface area contributed by atoms with Crippen molar-refractivity contribution in [3.63, 3.8) is 0 Å². The van der Waals surface area contributed by atoms with Crippen LogP contribution in [0.2, 0.25) is 0 Å². The van der Waals surface area contributed by atoms with Crippen LogP contribution in [0.15, 0.2) is 58.4 Å². The molecule has 0 bridgehead atoms. The van der Waals surface area contributed by atoms with E-state index in [4.69, 9.17) is 0 Å². The Morgan fingerprint density at radius 1 is 1.17 bits per heavy atom. The summed E-state index contributed by atoms with van der Waals surface area (Å²) in [7, 11) is -2.19. The van der Waals surface area contributed by atoms with E-state index >= 15 is 0 Å². The molecule has 0 aliphatic rings. The van der Waals surface area contributed by atoms with Crippen LogP contribution in [0, 0.1) is 0 Å². The van der Waals surface area contributed by atoms with Gasteiger partial charge in [0.2, 0.25) is 15.9 Å². The first-order chi connectivity index (χ1) is 10.9. The van der Waals surface area contributed by atoms with E-state index < -0.39 is 10.0 Å². The van der Waals surface area contributed by atoms with Crippen molar-refractivity contribution >= 4 is 15.9 Å². The molecule has 7 nitrogen and oxygen atoms in total. The zero-order chi connectivity index (χ0) is 16.9. The topological polar surface area (TPSA) is 97.3 Å². The Hall–Kier alpha value is -2.45. The van der Waals surface area contributed by atoms with Crippen LogP contribution in [0.25, 0.3) is 0 Å². The van der Waals surface area contributed by atoms with Gasteiger partial charge in [-0.05, 0) is 30.8 Å². The zero-order valence-corrected chi connectivity index (χ0v) is 13.3. The minimum atomic E-state index is -3.52. The molecule has 0 radical (unpaired) electrons. The highest BCUT2D eigenvalue weighted by Gasteiger charge is 2.11. The molecule has 0 saturated heterocycles. The number of amides is 1. The van der Waals surface area contributed by atoms with Gasteiger partial charge < -0.3 is 9.88 Å². The molecule has 2 aromatic rings. The second-order valence-electron chi connectivity index (χ2n) is 4.80. The fourth-order valence-corrected chi connectivity index (χ4v) is 2.74. The van der Waals surface area contributed by atoms with Gasteiger partial charge in [-0.25, -0.2) is 13.1 Å². The Kier molecular flexibility index (Phi) is 5.30. The molecule has 0 atom stereocenters. The second-order valence-corrected chi connectivity index (χ2v) is 6.68. The van der Waals surface area contributed by atoms with Crippen molar-refractivity contribution in [3.05, 3.63) is 64.6 Å². The van der Waals surface area contributed by atoms with Crippen molar-refractivity contribution in [1.29, 1.82) is 0 Å². The Labute approximate surface area is 134 Å². The van der Waals surface area contributed by atoms with Crippen molar-refractivity contribution < 1.29 is 13.2 Å². The van der Waals surface area contributed by atoms with Crippen molar-refractivity contribution in [3.8, 4) is 0 Å². The fourth-order valence-electron chi connectivity index (χ4n) is 1.94. The number of benzene rings is 1. The predicted molar refractivity (Wildman–Crippen MR) is 85.2 cm³/mol. The van der Waals surface area contributed by atoms with Crippen LogP contribution >= 0.6 is 0 Å². The highest BCUT2D eigenvalue weighted by molar-refractivity contribution is 7.89. The number of nitrogens with one attached hydrogen (secondary N) is 2. The number of carbonyl (C=O) groups excluding carboxylic acids is 1. The fraction of sp³-hybridized carbons (Fsp3) is 0.200. The van der Waals surface area contributed by atoms with Gasteiger partial charge in [-0.1, -0.05) is 18.2 Å². The number of sulfonamides is 1. The average Bonchev–Trinajstić information content (AvgIpc) is 2.55. The number of pyridine rings is 1. The minimum Gasteiger partial charge on any atom is -0.350 e. The standard InChI is InChI=1S/C15H17N3O4S/c1-16-23(21,22)13-6-4-5-12(9-13)10-17-14(19)11-18-8-3-2-7-15(18)20/h2-9,16H,10-11H2,1H3,(H,17,19). The molecule has 2 rings (SSSR count). The van der Waals surface area contributed by atoms with E-state index in [-0.39, 0.29) is 29.5 Å². The number of nitrogens with zero attached hydrogens (tertiary/aromatic N) is 1. The third kappa shape index (κ3) is 4.51. The summed E-state index contributed by atoms with van der Waals surface area (Å²) in [5.41, 5.74) is 0.389. The molecular formula is C15H17N3O4S. The summed E-state index contributed by atoms with van der Waals surface area (Å²) in [5.74, 6) is -0.333. The number of carbonyl (C=O) groups is 1. The maximum absolute atomic E-state index is 11.9. The van der Waals surface area contributed by atoms with Crippen molar-refractivity contribution in [2.75, 3.05) is 7.05 Å². The largest absolute Gasteiger partial charge is 0.350 e. The number of hydrogen-bond acceptors (Lipinski definition) is 4. The zero-order valence-electron chi connectivity index (χ0n) is 12.5. The third-order valence-electron chi connectivity index (χ3n) is 3.18. The van der Waals surface area contributed by atoms with Gasteiger partial charge in [-0.15, -0.1) is 0 Å². The lowest BCUT2D eigenvalue weighted by Gasteiger charge is -2.08. The minimum absolute atomic E-state index is 0.0891. The molecule has 1 aromatic carbocycles. The molecule has 8 heteroatoms. The van der Waals surface area contributed by atoms with Gasteiger partial charge in [0.1, 0.15) is 6.54 Å². The maximum atomic E-state index is 11.9. The van der Waals surface area contributed by atoms with E-state index in [1.165, 1.54) is 36.0 Å². The van der Waals surface area contributed by atoms with Gasteiger partial charge in [0.05, 0.1) is 4.90 Å². The first-order valence-corrected chi connectivity index (χ1v) is 8.35. The summed E-state index contributed by atoms with van der Waals surface area (Å²) in [6.45, 7) is 0.0850. The summed E-state index contributed by atoms with van der Waals surface area (Å²) < 4.78 is 27.0. The number of aromatic nitrogens is 1. The molecule has 0 spiro atoms. The van der Waals surface area contributed by atoms with Gasteiger partial charge in [-0.2, -0.15) is 0 Å². The van der Waals surface area contributed by atoms with Crippen LogP contribution in [-0.2, 0) is 27.9 Å². The molecule has 0 fully saturated rings.